The maximum absolute atomic E-state index is 12.9. The molecular weight excluding hydrogens is 354 g/mol. The van der Waals surface area contributed by atoms with Gasteiger partial charge in [-0.3, -0.25) is 9.59 Å². The number of hydrogen-bond acceptors (Lipinski definition) is 4. The quantitative estimate of drug-likeness (QED) is 0.527. The molecule has 3 aromatic rings. The van der Waals surface area contributed by atoms with Crippen LogP contribution in [0.15, 0.2) is 54.6 Å². The van der Waals surface area contributed by atoms with Crippen molar-refractivity contribution < 1.29 is 14.3 Å². The molecule has 3 rings (SSSR count). The Morgan fingerprint density at radius 1 is 1.04 bits per heavy atom. The lowest BCUT2D eigenvalue weighted by Gasteiger charge is -2.16. The van der Waals surface area contributed by atoms with Crippen LogP contribution in [0.3, 0.4) is 0 Å². The second kappa shape index (κ2) is 8.08. The predicted octanol–water partition coefficient (Wildman–Crippen LogP) is 3.56. The van der Waals surface area contributed by atoms with E-state index >= 15 is 0 Å². The normalized spacial score (nSPS) is 11.7. The summed E-state index contributed by atoms with van der Waals surface area (Å²) in [4.78, 5) is 25.5. The molecule has 1 N–H and O–H groups in total. The van der Waals surface area contributed by atoms with E-state index in [4.69, 9.17) is 4.74 Å². The number of hydrogen-bond donors (Lipinski definition) is 1. The highest BCUT2D eigenvalue weighted by molar-refractivity contribution is 6.43. The SMILES string of the molecule is COc1ccccc1[C@H](C)NC(=O)C(=O)c1c(C)nn(-c2ccccc2)c1C. The molecule has 0 aliphatic heterocycles. The number of amides is 1. The molecule has 1 aromatic heterocycles. The third kappa shape index (κ3) is 3.67. The highest BCUT2D eigenvalue weighted by atomic mass is 16.5. The van der Waals surface area contributed by atoms with Crippen LogP contribution < -0.4 is 10.1 Å². The first-order valence-electron chi connectivity index (χ1n) is 9.03. The minimum atomic E-state index is -0.669. The van der Waals surface area contributed by atoms with E-state index in [0.717, 1.165) is 11.3 Å². The topological polar surface area (TPSA) is 73.2 Å². The number of Topliss-reactive ketones (excluding diaryl/α,β-unsaturated/α-hetero) is 1. The summed E-state index contributed by atoms with van der Waals surface area (Å²) < 4.78 is 7.01. The second-order valence-corrected chi connectivity index (χ2v) is 6.56. The van der Waals surface area contributed by atoms with E-state index in [9.17, 15) is 9.59 Å². The van der Waals surface area contributed by atoms with Gasteiger partial charge < -0.3 is 10.1 Å². The summed E-state index contributed by atoms with van der Waals surface area (Å²) in [5.41, 5.74) is 3.12. The average molecular weight is 377 g/mol. The molecule has 0 aliphatic carbocycles. The summed E-state index contributed by atoms with van der Waals surface area (Å²) in [7, 11) is 1.57. The van der Waals surface area contributed by atoms with Gasteiger partial charge in [-0.2, -0.15) is 5.10 Å². The molecule has 1 atom stereocenters. The minimum absolute atomic E-state index is 0.327. The van der Waals surface area contributed by atoms with Gasteiger partial charge in [-0.15, -0.1) is 0 Å². The largest absolute Gasteiger partial charge is 0.496 e. The lowest BCUT2D eigenvalue weighted by atomic mass is 10.1. The van der Waals surface area contributed by atoms with Gasteiger partial charge in [-0.05, 0) is 39.0 Å². The number of rotatable bonds is 6. The first-order chi connectivity index (χ1) is 13.4. The molecule has 0 fully saturated rings. The fourth-order valence-corrected chi connectivity index (χ4v) is 3.27. The van der Waals surface area contributed by atoms with Crippen molar-refractivity contribution in [3.8, 4) is 11.4 Å². The van der Waals surface area contributed by atoms with Crippen molar-refractivity contribution in [2.45, 2.75) is 26.8 Å². The van der Waals surface area contributed by atoms with Crippen molar-refractivity contribution >= 4 is 11.7 Å². The van der Waals surface area contributed by atoms with Crippen LogP contribution in [0.1, 0.15) is 40.3 Å². The molecule has 6 heteroatoms. The monoisotopic (exact) mass is 377 g/mol. The molecular formula is C22H23N3O3. The summed E-state index contributed by atoms with van der Waals surface area (Å²) in [6.45, 7) is 5.34. The first-order valence-corrected chi connectivity index (χ1v) is 9.03. The van der Waals surface area contributed by atoms with Gasteiger partial charge in [0.1, 0.15) is 5.75 Å². The number of carbonyl (C=O) groups is 2. The Labute approximate surface area is 164 Å². The van der Waals surface area contributed by atoms with Crippen molar-refractivity contribution in [2.75, 3.05) is 7.11 Å². The number of ketones is 1. The second-order valence-electron chi connectivity index (χ2n) is 6.56. The molecule has 1 amide bonds. The Hall–Kier alpha value is -3.41. The van der Waals surface area contributed by atoms with E-state index in [-0.39, 0.29) is 6.04 Å². The van der Waals surface area contributed by atoms with Crippen molar-refractivity contribution in [3.05, 3.63) is 77.1 Å². The van der Waals surface area contributed by atoms with Gasteiger partial charge in [0, 0.05) is 5.56 Å². The Bertz CT molecular complexity index is 1010. The fourth-order valence-electron chi connectivity index (χ4n) is 3.27. The van der Waals surface area contributed by atoms with Crippen molar-refractivity contribution in [1.82, 2.24) is 15.1 Å². The number of benzene rings is 2. The van der Waals surface area contributed by atoms with Crippen molar-refractivity contribution in [3.63, 3.8) is 0 Å². The molecule has 0 saturated carbocycles. The van der Waals surface area contributed by atoms with E-state index in [0.29, 0.717) is 22.7 Å². The molecule has 0 spiro atoms. The number of ether oxygens (including phenoxy) is 1. The van der Waals surface area contributed by atoms with Gasteiger partial charge in [0.15, 0.2) is 0 Å². The van der Waals surface area contributed by atoms with Gasteiger partial charge in [0.2, 0.25) is 0 Å². The first kappa shape index (κ1) is 19.4. The fraction of sp³-hybridized carbons (Fsp3) is 0.227. The molecule has 0 bridgehead atoms. The average Bonchev–Trinajstić information content (AvgIpc) is 3.01. The van der Waals surface area contributed by atoms with Crippen LogP contribution in [0.2, 0.25) is 0 Å². The number of aromatic nitrogens is 2. The third-order valence-corrected chi connectivity index (χ3v) is 4.68. The van der Waals surface area contributed by atoms with Gasteiger partial charge in [-0.25, -0.2) is 4.68 Å². The van der Waals surface area contributed by atoms with Crippen LogP contribution in [0.25, 0.3) is 5.69 Å². The van der Waals surface area contributed by atoms with Crippen molar-refractivity contribution in [1.29, 1.82) is 0 Å². The lowest BCUT2D eigenvalue weighted by Crippen LogP contribution is -2.33. The Morgan fingerprint density at radius 2 is 1.68 bits per heavy atom. The summed E-state index contributed by atoms with van der Waals surface area (Å²) >= 11 is 0. The van der Waals surface area contributed by atoms with E-state index in [1.54, 1.807) is 25.6 Å². The molecule has 6 nitrogen and oxygen atoms in total. The number of methoxy groups -OCH3 is 1. The Balaban J connectivity index is 1.84. The molecule has 0 saturated heterocycles. The molecule has 0 aliphatic rings. The van der Waals surface area contributed by atoms with E-state index < -0.39 is 11.7 Å². The van der Waals surface area contributed by atoms with E-state index in [2.05, 4.69) is 10.4 Å². The zero-order valence-corrected chi connectivity index (χ0v) is 16.4. The van der Waals surface area contributed by atoms with Crippen LogP contribution in [-0.4, -0.2) is 28.6 Å². The Kier molecular flexibility index (Phi) is 5.59. The highest BCUT2D eigenvalue weighted by Crippen LogP contribution is 2.25. The summed E-state index contributed by atoms with van der Waals surface area (Å²) in [5, 5.41) is 7.21. The molecule has 1 heterocycles. The standard InChI is InChI=1S/C22H23N3O3/c1-14(18-12-8-9-13-19(18)28-4)23-22(27)21(26)20-15(2)24-25(16(20)3)17-10-6-5-7-11-17/h5-14H,1-4H3,(H,23,27)/t14-/m0/s1. The number of nitrogens with one attached hydrogen (secondary N) is 1. The summed E-state index contributed by atoms with van der Waals surface area (Å²) in [5.74, 6) is -0.608. The maximum atomic E-state index is 12.9. The number of aryl methyl sites for hydroxylation is 1. The number of carbonyl (C=O) groups excluding carboxylic acids is 2. The molecule has 0 radical (unpaired) electrons. The van der Waals surface area contributed by atoms with E-state index in [1.165, 1.54) is 0 Å². The molecule has 28 heavy (non-hydrogen) atoms. The van der Waals surface area contributed by atoms with Crippen LogP contribution in [0.5, 0.6) is 5.75 Å². The number of nitrogens with zero attached hydrogens (tertiary/aromatic N) is 2. The zero-order valence-electron chi connectivity index (χ0n) is 16.4. The van der Waals surface area contributed by atoms with Crippen LogP contribution in [-0.2, 0) is 4.79 Å². The van der Waals surface area contributed by atoms with Crippen LogP contribution in [0.4, 0.5) is 0 Å². The Morgan fingerprint density at radius 3 is 2.36 bits per heavy atom. The smallest absolute Gasteiger partial charge is 0.293 e. The molecule has 2 aromatic carbocycles. The zero-order chi connectivity index (χ0) is 20.3. The van der Waals surface area contributed by atoms with Crippen LogP contribution in [0, 0.1) is 13.8 Å². The highest BCUT2D eigenvalue weighted by Gasteiger charge is 2.26. The lowest BCUT2D eigenvalue weighted by molar-refractivity contribution is -0.117. The minimum Gasteiger partial charge on any atom is -0.496 e. The number of para-hydroxylation sites is 2. The van der Waals surface area contributed by atoms with E-state index in [1.807, 2.05) is 61.5 Å². The van der Waals surface area contributed by atoms with Gasteiger partial charge in [-0.1, -0.05) is 36.4 Å². The summed E-state index contributed by atoms with van der Waals surface area (Å²) in [6.07, 6.45) is 0. The summed E-state index contributed by atoms with van der Waals surface area (Å²) in [6, 6.07) is 16.5. The molecule has 144 valence electrons. The van der Waals surface area contributed by atoms with Crippen LogP contribution >= 0.6 is 0 Å². The molecule has 0 unspecified atom stereocenters. The maximum Gasteiger partial charge on any atom is 0.293 e. The van der Waals surface area contributed by atoms with Gasteiger partial charge in [0.05, 0.1) is 35.8 Å². The third-order valence-electron chi connectivity index (χ3n) is 4.68. The van der Waals surface area contributed by atoms with Gasteiger partial charge >= 0.3 is 0 Å². The predicted molar refractivity (Wildman–Crippen MR) is 107 cm³/mol. The van der Waals surface area contributed by atoms with Crippen molar-refractivity contribution in [2.24, 2.45) is 0 Å². The van der Waals surface area contributed by atoms with Gasteiger partial charge in [0.25, 0.3) is 11.7 Å².